The molecule has 2 saturated heterocycles. The van der Waals surface area contributed by atoms with E-state index in [1.165, 1.54) is 25.9 Å². The molecule has 0 radical (unpaired) electrons. The Morgan fingerprint density at radius 1 is 1.06 bits per heavy atom. The third-order valence-corrected chi connectivity index (χ3v) is 3.76. The van der Waals surface area contributed by atoms with Crippen molar-refractivity contribution in [1.82, 2.24) is 15.1 Å². The molecular formula is C13H27N3O2. The molecule has 5 nitrogen and oxygen atoms in total. The van der Waals surface area contributed by atoms with Crippen LogP contribution in [0.2, 0.25) is 0 Å². The van der Waals surface area contributed by atoms with Crippen LogP contribution in [0.3, 0.4) is 0 Å². The second-order valence-electron chi connectivity index (χ2n) is 5.32. The zero-order valence-electron chi connectivity index (χ0n) is 11.3. The SMILES string of the molecule is OC(CNCCN1CCCC1)CN1CCOCC1. The number of rotatable bonds is 7. The topological polar surface area (TPSA) is 48.0 Å². The van der Waals surface area contributed by atoms with Crippen LogP contribution in [0.25, 0.3) is 0 Å². The van der Waals surface area contributed by atoms with Gasteiger partial charge in [-0.2, -0.15) is 0 Å². The molecule has 0 spiro atoms. The molecule has 2 rings (SSSR count). The smallest absolute Gasteiger partial charge is 0.0791 e. The van der Waals surface area contributed by atoms with Crippen LogP contribution in [0.4, 0.5) is 0 Å². The van der Waals surface area contributed by atoms with Gasteiger partial charge >= 0.3 is 0 Å². The molecule has 2 aliphatic heterocycles. The predicted octanol–water partition coefficient (Wildman–Crippen LogP) is -0.635. The highest BCUT2D eigenvalue weighted by atomic mass is 16.5. The van der Waals surface area contributed by atoms with Gasteiger partial charge in [-0.1, -0.05) is 0 Å². The van der Waals surface area contributed by atoms with Gasteiger partial charge in [-0.3, -0.25) is 4.90 Å². The molecule has 2 N–H and O–H groups in total. The number of likely N-dealkylation sites (tertiary alicyclic amines) is 1. The molecule has 0 amide bonds. The van der Waals surface area contributed by atoms with E-state index >= 15 is 0 Å². The van der Waals surface area contributed by atoms with Crippen LogP contribution in [0.1, 0.15) is 12.8 Å². The first-order valence-electron chi connectivity index (χ1n) is 7.26. The molecule has 2 heterocycles. The number of aliphatic hydroxyl groups excluding tert-OH is 1. The molecular weight excluding hydrogens is 230 g/mol. The molecule has 0 bridgehead atoms. The zero-order valence-corrected chi connectivity index (χ0v) is 11.3. The van der Waals surface area contributed by atoms with E-state index < -0.39 is 0 Å². The van der Waals surface area contributed by atoms with Crippen LogP contribution >= 0.6 is 0 Å². The molecule has 0 aromatic heterocycles. The van der Waals surface area contributed by atoms with Gasteiger partial charge in [0.1, 0.15) is 0 Å². The van der Waals surface area contributed by atoms with Gasteiger partial charge in [0.25, 0.3) is 0 Å². The van der Waals surface area contributed by atoms with Gasteiger partial charge in [0.05, 0.1) is 19.3 Å². The van der Waals surface area contributed by atoms with Gasteiger partial charge in [0, 0.05) is 39.3 Å². The van der Waals surface area contributed by atoms with E-state index in [0.717, 1.165) is 45.9 Å². The highest BCUT2D eigenvalue weighted by molar-refractivity contribution is 4.71. The van der Waals surface area contributed by atoms with Crippen LogP contribution in [0, 0.1) is 0 Å². The molecule has 0 aromatic carbocycles. The first kappa shape index (κ1) is 14.2. The Labute approximate surface area is 110 Å². The number of morpholine rings is 1. The first-order chi connectivity index (χ1) is 8.84. The Kier molecular flexibility index (Phi) is 6.37. The quantitative estimate of drug-likeness (QED) is 0.595. The third-order valence-electron chi connectivity index (χ3n) is 3.76. The van der Waals surface area contributed by atoms with Crippen LogP contribution in [-0.4, -0.2) is 86.6 Å². The molecule has 2 fully saturated rings. The molecule has 0 aliphatic carbocycles. The number of hydrogen-bond donors (Lipinski definition) is 2. The van der Waals surface area contributed by atoms with Crippen molar-refractivity contribution in [2.45, 2.75) is 18.9 Å². The Balaban J connectivity index is 1.47. The number of nitrogens with zero attached hydrogens (tertiary/aromatic N) is 2. The maximum atomic E-state index is 9.93. The van der Waals surface area contributed by atoms with Gasteiger partial charge in [0.2, 0.25) is 0 Å². The Bertz CT molecular complexity index is 216. The maximum Gasteiger partial charge on any atom is 0.0791 e. The molecule has 18 heavy (non-hydrogen) atoms. The van der Waals surface area contributed by atoms with Crippen molar-refractivity contribution in [2.24, 2.45) is 0 Å². The van der Waals surface area contributed by atoms with Gasteiger partial charge in [0.15, 0.2) is 0 Å². The number of ether oxygens (including phenoxy) is 1. The van der Waals surface area contributed by atoms with E-state index in [-0.39, 0.29) is 6.10 Å². The molecule has 0 saturated carbocycles. The van der Waals surface area contributed by atoms with Gasteiger partial charge in [-0.05, 0) is 25.9 Å². The zero-order chi connectivity index (χ0) is 12.6. The summed E-state index contributed by atoms with van der Waals surface area (Å²) in [5, 5.41) is 13.3. The van der Waals surface area contributed by atoms with Crippen molar-refractivity contribution in [3.8, 4) is 0 Å². The van der Waals surface area contributed by atoms with Crippen molar-refractivity contribution in [3.05, 3.63) is 0 Å². The van der Waals surface area contributed by atoms with Crippen molar-refractivity contribution in [1.29, 1.82) is 0 Å². The minimum absolute atomic E-state index is 0.262. The second kappa shape index (κ2) is 8.07. The molecule has 106 valence electrons. The summed E-state index contributed by atoms with van der Waals surface area (Å²) in [6.45, 7) is 9.56. The van der Waals surface area contributed by atoms with Gasteiger partial charge < -0.3 is 20.1 Å². The average Bonchev–Trinajstić information content (AvgIpc) is 2.89. The monoisotopic (exact) mass is 257 g/mol. The van der Waals surface area contributed by atoms with E-state index in [1.54, 1.807) is 0 Å². The predicted molar refractivity (Wildman–Crippen MR) is 71.8 cm³/mol. The van der Waals surface area contributed by atoms with Gasteiger partial charge in [-0.25, -0.2) is 0 Å². The molecule has 1 unspecified atom stereocenters. The summed E-state index contributed by atoms with van der Waals surface area (Å²) in [4.78, 5) is 4.76. The van der Waals surface area contributed by atoms with Crippen molar-refractivity contribution in [3.63, 3.8) is 0 Å². The van der Waals surface area contributed by atoms with Crippen LogP contribution < -0.4 is 5.32 Å². The normalized spacial score (nSPS) is 24.5. The summed E-state index contributed by atoms with van der Waals surface area (Å²) < 4.78 is 5.29. The summed E-state index contributed by atoms with van der Waals surface area (Å²) in [7, 11) is 0. The fourth-order valence-corrected chi connectivity index (χ4v) is 2.66. The fraction of sp³-hybridized carbons (Fsp3) is 1.00. The van der Waals surface area contributed by atoms with Crippen LogP contribution in [0.15, 0.2) is 0 Å². The lowest BCUT2D eigenvalue weighted by atomic mass is 10.3. The maximum absolute atomic E-state index is 9.93. The summed E-state index contributed by atoms with van der Waals surface area (Å²) >= 11 is 0. The standard InChI is InChI=1S/C13H27N3O2/c17-13(12-16-7-9-18-10-8-16)11-14-3-6-15-4-1-2-5-15/h13-14,17H,1-12H2. The summed E-state index contributed by atoms with van der Waals surface area (Å²) in [5.74, 6) is 0. The van der Waals surface area contributed by atoms with Crippen LogP contribution in [0.5, 0.6) is 0 Å². The lowest BCUT2D eigenvalue weighted by Crippen LogP contribution is -2.44. The Morgan fingerprint density at radius 3 is 2.50 bits per heavy atom. The van der Waals surface area contributed by atoms with E-state index in [2.05, 4.69) is 15.1 Å². The van der Waals surface area contributed by atoms with E-state index in [4.69, 9.17) is 4.74 Å². The Morgan fingerprint density at radius 2 is 1.78 bits per heavy atom. The number of nitrogens with one attached hydrogen (secondary N) is 1. The van der Waals surface area contributed by atoms with E-state index in [9.17, 15) is 5.11 Å². The van der Waals surface area contributed by atoms with E-state index in [0.29, 0.717) is 6.54 Å². The van der Waals surface area contributed by atoms with Crippen LogP contribution in [-0.2, 0) is 4.74 Å². The highest BCUT2D eigenvalue weighted by Crippen LogP contribution is 2.05. The third kappa shape index (κ3) is 5.20. The number of aliphatic hydroxyl groups is 1. The largest absolute Gasteiger partial charge is 0.390 e. The lowest BCUT2D eigenvalue weighted by molar-refractivity contribution is 0.0149. The van der Waals surface area contributed by atoms with E-state index in [1.807, 2.05) is 0 Å². The van der Waals surface area contributed by atoms with Crippen molar-refractivity contribution in [2.75, 3.05) is 65.6 Å². The number of hydrogen-bond acceptors (Lipinski definition) is 5. The summed E-state index contributed by atoms with van der Waals surface area (Å²) in [5.41, 5.74) is 0. The summed E-state index contributed by atoms with van der Waals surface area (Å²) in [6.07, 6.45) is 2.43. The molecule has 2 aliphatic rings. The Hall–Kier alpha value is -0.200. The van der Waals surface area contributed by atoms with Crippen molar-refractivity contribution < 1.29 is 9.84 Å². The number of β-amino-alcohol motifs (C(OH)–C–C–N with tert-alkyl or cyclic N) is 1. The average molecular weight is 257 g/mol. The minimum Gasteiger partial charge on any atom is -0.390 e. The summed E-state index contributed by atoms with van der Waals surface area (Å²) in [6, 6.07) is 0. The fourth-order valence-electron chi connectivity index (χ4n) is 2.66. The minimum atomic E-state index is -0.262. The second-order valence-corrected chi connectivity index (χ2v) is 5.32. The molecule has 1 atom stereocenters. The highest BCUT2D eigenvalue weighted by Gasteiger charge is 2.15. The van der Waals surface area contributed by atoms with Gasteiger partial charge in [-0.15, -0.1) is 0 Å². The molecule has 5 heteroatoms. The molecule has 0 aromatic rings. The first-order valence-corrected chi connectivity index (χ1v) is 7.26. The lowest BCUT2D eigenvalue weighted by Gasteiger charge is -2.28. The van der Waals surface area contributed by atoms with Crippen molar-refractivity contribution >= 4 is 0 Å².